The zero-order chi connectivity index (χ0) is 19.1. The van der Waals surface area contributed by atoms with Crippen LogP contribution < -0.4 is 5.32 Å². The summed E-state index contributed by atoms with van der Waals surface area (Å²) in [5, 5.41) is 7.10. The van der Waals surface area contributed by atoms with Gasteiger partial charge in [-0.25, -0.2) is 22.2 Å². The van der Waals surface area contributed by atoms with Gasteiger partial charge < -0.3 is 5.32 Å². The summed E-state index contributed by atoms with van der Waals surface area (Å²) in [6, 6.07) is 1.71. The lowest BCUT2D eigenvalue weighted by Crippen LogP contribution is -2.36. The van der Waals surface area contributed by atoms with Crippen molar-refractivity contribution in [1.82, 2.24) is 29.2 Å². The van der Waals surface area contributed by atoms with Gasteiger partial charge in [-0.05, 0) is 19.4 Å². The molecule has 0 aromatic carbocycles. The van der Waals surface area contributed by atoms with E-state index < -0.39 is 10.0 Å². The molecule has 2 aromatic rings. The van der Waals surface area contributed by atoms with E-state index in [0.717, 1.165) is 5.69 Å². The molecule has 10 heteroatoms. The number of sulfonamides is 1. The first-order chi connectivity index (χ1) is 12.1. The van der Waals surface area contributed by atoms with Gasteiger partial charge in [-0.1, -0.05) is 20.8 Å². The van der Waals surface area contributed by atoms with Gasteiger partial charge in [0.15, 0.2) is 0 Å². The third kappa shape index (κ3) is 3.70. The number of hydrogen-bond donors (Lipinski definition) is 1. The number of aromatic nitrogens is 4. The molecule has 1 fully saturated rings. The smallest absolute Gasteiger partial charge is 0.270 e. The molecule has 0 radical (unpaired) electrons. The number of carbonyl (C=O) groups excluding carboxylic acids is 1. The van der Waals surface area contributed by atoms with E-state index in [0.29, 0.717) is 24.6 Å². The topological polar surface area (TPSA) is 110 Å². The lowest BCUT2D eigenvalue weighted by Gasteiger charge is -2.20. The molecule has 1 aliphatic heterocycles. The van der Waals surface area contributed by atoms with Gasteiger partial charge >= 0.3 is 0 Å². The quantitative estimate of drug-likeness (QED) is 0.827. The average Bonchev–Trinajstić information content (AvgIpc) is 3.06. The summed E-state index contributed by atoms with van der Waals surface area (Å²) in [5.74, 6) is 0.789. The summed E-state index contributed by atoms with van der Waals surface area (Å²) >= 11 is 0. The highest BCUT2D eigenvalue weighted by atomic mass is 32.2. The van der Waals surface area contributed by atoms with Crippen LogP contribution in [0.15, 0.2) is 6.07 Å². The molecular weight excluding hydrogens is 356 g/mol. The van der Waals surface area contributed by atoms with Crippen LogP contribution in [0.5, 0.6) is 0 Å². The minimum atomic E-state index is -3.16. The van der Waals surface area contributed by atoms with E-state index in [2.05, 4.69) is 20.4 Å². The first kappa shape index (κ1) is 18.7. The molecule has 142 valence electrons. The van der Waals surface area contributed by atoms with Crippen molar-refractivity contribution in [3.63, 3.8) is 0 Å². The molecule has 0 unspecified atom stereocenters. The number of amides is 1. The normalized spacial score (nSPS) is 17.7. The Morgan fingerprint density at radius 3 is 2.65 bits per heavy atom. The molecule has 2 aromatic heterocycles. The van der Waals surface area contributed by atoms with E-state index in [1.165, 1.54) is 4.31 Å². The van der Waals surface area contributed by atoms with E-state index >= 15 is 0 Å². The Morgan fingerprint density at radius 2 is 2.04 bits per heavy atom. The predicted molar refractivity (Wildman–Crippen MR) is 96.5 cm³/mol. The summed E-state index contributed by atoms with van der Waals surface area (Å²) in [6.07, 6.45) is 0.635. The maximum absolute atomic E-state index is 12.5. The molecule has 1 N–H and O–H groups in total. The van der Waals surface area contributed by atoms with Crippen LogP contribution in [0.4, 0.5) is 0 Å². The zero-order valence-corrected chi connectivity index (χ0v) is 16.3. The van der Waals surface area contributed by atoms with Gasteiger partial charge in [0.25, 0.3) is 11.7 Å². The summed E-state index contributed by atoms with van der Waals surface area (Å²) in [6.45, 7) is 8.87. The number of rotatable bonds is 4. The molecule has 1 saturated heterocycles. The number of aryl methyl sites for hydroxylation is 1. The Labute approximate surface area is 152 Å². The van der Waals surface area contributed by atoms with Crippen molar-refractivity contribution in [3.05, 3.63) is 23.3 Å². The molecule has 26 heavy (non-hydrogen) atoms. The summed E-state index contributed by atoms with van der Waals surface area (Å²) < 4.78 is 26.7. The average molecular weight is 380 g/mol. The molecular formula is C16H24N6O3S. The van der Waals surface area contributed by atoms with Gasteiger partial charge in [0.1, 0.15) is 11.5 Å². The van der Waals surface area contributed by atoms with Gasteiger partial charge in [-0.2, -0.15) is 10.1 Å². The highest BCUT2D eigenvalue weighted by Crippen LogP contribution is 2.23. The van der Waals surface area contributed by atoms with Crippen molar-refractivity contribution in [2.75, 3.05) is 25.4 Å². The van der Waals surface area contributed by atoms with Gasteiger partial charge in [-0.3, -0.25) is 4.79 Å². The van der Waals surface area contributed by atoms with Crippen LogP contribution in [0.1, 0.15) is 49.2 Å². The lowest BCUT2D eigenvalue weighted by molar-refractivity contribution is 0.0946. The number of hydrogen-bond acceptors (Lipinski definition) is 6. The highest BCUT2D eigenvalue weighted by Gasteiger charge is 2.28. The molecule has 3 heterocycles. The van der Waals surface area contributed by atoms with Crippen LogP contribution >= 0.6 is 0 Å². The van der Waals surface area contributed by atoms with Crippen molar-refractivity contribution in [3.8, 4) is 0 Å². The fourth-order valence-corrected chi connectivity index (χ4v) is 4.47. The van der Waals surface area contributed by atoms with Crippen LogP contribution in [0.3, 0.4) is 0 Å². The van der Waals surface area contributed by atoms with Crippen molar-refractivity contribution in [2.24, 2.45) is 0 Å². The van der Waals surface area contributed by atoms with Crippen LogP contribution in [0.2, 0.25) is 0 Å². The van der Waals surface area contributed by atoms with E-state index in [1.54, 1.807) is 17.5 Å². The van der Waals surface area contributed by atoms with Crippen LogP contribution in [0, 0.1) is 6.92 Å². The number of nitrogens with one attached hydrogen (secondary N) is 1. The second-order valence-corrected chi connectivity index (χ2v) is 9.56. The van der Waals surface area contributed by atoms with Crippen LogP contribution in [-0.2, 0) is 15.4 Å². The summed E-state index contributed by atoms with van der Waals surface area (Å²) in [4.78, 5) is 21.1. The molecule has 0 spiro atoms. The van der Waals surface area contributed by atoms with Crippen molar-refractivity contribution < 1.29 is 13.2 Å². The SMILES string of the molecule is Cc1nc2nc(C(=O)NCCN3CCCS3(=O)=O)cc(C(C)(C)C)n2n1. The third-order valence-corrected chi connectivity index (χ3v) is 6.23. The molecule has 0 atom stereocenters. The van der Waals surface area contributed by atoms with Gasteiger partial charge in [0, 0.05) is 25.0 Å². The molecule has 1 amide bonds. The maximum Gasteiger partial charge on any atom is 0.270 e. The molecule has 1 aliphatic rings. The van der Waals surface area contributed by atoms with Gasteiger partial charge in [0.2, 0.25) is 10.0 Å². The summed E-state index contributed by atoms with van der Waals surface area (Å²) in [5.41, 5.74) is 0.828. The van der Waals surface area contributed by atoms with Crippen LogP contribution in [-0.4, -0.2) is 63.6 Å². The Kier molecular flexibility index (Phi) is 4.74. The zero-order valence-electron chi connectivity index (χ0n) is 15.5. The van der Waals surface area contributed by atoms with E-state index in [1.807, 2.05) is 20.8 Å². The van der Waals surface area contributed by atoms with Crippen molar-refractivity contribution in [2.45, 2.75) is 39.5 Å². The first-order valence-electron chi connectivity index (χ1n) is 8.59. The predicted octanol–water partition coefficient (Wildman–Crippen LogP) is 0.496. The minimum Gasteiger partial charge on any atom is -0.349 e. The van der Waals surface area contributed by atoms with E-state index in [4.69, 9.17) is 0 Å². The Hall–Kier alpha value is -2.07. The van der Waals surface area contributed by atoms with Crippen molar-refractivity contribution in [1.29, 1.82) is 0 Å². The standard InChI is InChI=1S/C16H24N6O3S/c1-11-18-15-19-12(10-13(16(2,3)4)22(15)20-11)14(23)17-6-8-21-7-5-9-26(21,24)25/h10H,5-9H2,1-4H3,(H,17,23). The lowest BCUT2D eigenvalue weighted by atomic mass is 9.91. The molecule has 9 nitrogen and oxygen atoms in total. The van der Waals surface area contributed by atoms with E-state index in [-0.39, 0.29) is 35.9 Å². The Bertz CT molecular complexity index is 945. The maximum atomic E-state index is 12.5. The number of carbonyl (C=O) groups is 1. The highest BCUT2D eigenvalue weighted by molar-refractivity contribution is 7.89. The molecule has 0 bridgehead atoms. The van der Waals surface area contributed by atoms with Gasteiger partial charge in [0.05, 0.1) is 11.4 Å². The third-order valence-electron chi connectivity index (χ3n) is 4.27. The molecule has 3 rings (SSSR count). The number of fused-ring (bicyclic) bond motifs is 1. The largest absolute Gasteiger partial charge is 0.349 e. The minimum absolute atomic E-state index is 0.181. The Balaban J connectivity index is 1.78. The molecule has 0 aliphatic carbocycles. The first-order valence-corrected chi connectivity index (χ1v) is 10.2. The van der Waals surface area contributed by atoms with Gasteiger partial charge in [-0.15, -0.1) is 0 Å². The summed E-state index contributed by atoms with van der Waals surface area (Å²) in [7, 11) is -3.16. The monoisotopic (exact) mass is 380 g/mol. The number of nitrogens with zero attached hydrogens (tertiary/aromatic N) is 5. The van der Waals surface area contributed by atoms with Crippen molar-refractivity contribution >= 4 is 21.7 Å². The fourth-order valence-electron chi connectivity index (χ4n) is 2.95. The van der Waals surface area contributed by atoms with E-state index in [9.17, 15) is 13.2 Å². The second-order valence-electron chi connectivity index (χ2n) is 7.47. The molecule has 0 saturated carbocycles. The second kappa shape index (κ2) is 6.58. The Morgan fingerprint density at radius 1 is 1.31 bits per heavy atom. The fraction of sp³-hybridized carbons (Fsp3) is 0.625. The van der Waals surface area contributed by atoms with Crippen LogP contribution in [0.25, 0.3) is 5.78 Å².